The molecular weight excluding hydrogens is 152 g/mol. The molecule has 1 saturated heterocycles. The van der Waals surface area contributed by atoms with Crippen LogP contribution in [-0.4, -0.2) is 16.8 Å². The average Bonchev–Trinajstić information content (AvgIpc) is 2.09. The summed E-state index contributed by atoms with van der Waals surface area (Å²) in [5, 5.41) is 4.49. The molecule has 0 saturated carbocycles. The maximum absolute atomic E-state index is 10.9. The Balaban J connectivity index is 2.80. The first-order valence-electron chi connectivity index (χ1n) is 2.94. The summed E-state index contributed by atoms with van der Waals surface area (Å²) >= 11 is 3.99. The molecule has 1 aliphatic rings. The van der Waals surface area contributed by atoms with E-state index in [9.17, 15) is 9.59 Å². The van der Waals surface area contributed by atoms with Crippen molar-refractivity contribution in [3.05, 3.63) is 0 Å². The summed E-state index contributed by atoms with van der Waals surface area (Å²) in [7, 11) is 0. The van der Waals surface area contributed by atoms with Gasteiger partial charge in [0.1, 0.15) is 0 Å². The molecule has 0 spiro atoms. The summed E-state index contributed by atoms with van der Waals surface area (Å²) < 4.78 is 0. The van der Waals surface area contributed by atoms with Gasteiger partial charge in [0.2, 0.25) is 0 Å². The fourth-order valence-corrected chi connectivity index (χ4v) is 0.889. The number of imide groups is 1. The van der Waals surface area contributed by atoms with Gasteiger partial charge in [-0.15, -0.1) is 12.6 Å². The van der Waals surface area contributed by atoms with E-state index in [0.717, 1.165) is 0 Å². The normalized spacial score (nSPS) is 31.8. The molecule has 1 unspecified atom stereocenters. The van der Waals surface area contributed by atoms with Crippen LogP contribution in [0.4, 0.5) is 4.79 Å². The number of hydrogen-bond acceptors (Lipinski definition) is 3. The van der Waals surface area contributed by atoms with Crippen LogP contribution in [-0.2, 0) is 4.79 Å². The molecule has 1 fully saturated rings. The quantitative estimate of drug-likeness (QED) is 0.369. The van der Waals surface area contributed by atoms with Gasteiger partial charge in [-0.3, -0.25) is 10.1 Å². The summed E-state index contributed by atoms with van der Waals surface area (Å²) in [6.07, 6.45) is 0.480. The third kappa shape index (κ3) is 0.965. The lowest BCUT2D eigenvalue weighted by Gasteiger charge is -2.15. The van der Waals surface area contributed by atoms with Gasteiger partial charge in [-0.2, -0.15) is 0 Å². The molecular formula is C5H8N2O2S. The van der Waals surface area contributed by atoms with Crippen molar-refractivity contribution in [2.75, 3.05) is 0 Å². The molecule has 0 aromatic heterocycles. The van der Waals surface area contributed by atoms with Crippen LogP contribution < -0.4 is 10.6 Å². The van der Waals surface area contributed by atoms with Crippen molar-refractivity contribution in [1.29, 1.82) is 0 Å². The first-order valence-corrected chi connectivity index (χ1v) is 3.39. The van der Waals surface area contributed by atoms with Crippen LogP contribution in [0.1, 0.15) is 13.3 Å². The van der Waals surface area contributed by atoms with Gasteiger partial charge in [-0.1, -0.05) is 6.92 Å². The van der Waals surface area contributed by atoms with Gasteiger partial charge in [0.05, 0.1) is 0 Å². The fourth-order valence-electron chi connectivity index (χ4n) is 0.731. The zero-order valence-electron chi connectivity index (χ0n) is 5.47. The molecule has 1 aliphatic heterocycles. The van der Waals surface area contributed by atoms with E-state index < -0.39 is 10.9 Å². The summed E-state index contributed by atoms with van der Waals surface area (Å²) in [4.78, 5) is 20.4. The Morgan fingerprint density at radius 1 is 1.60 bits per heavy atom. The van der Waals surface area contributed by atoms with E-state index in [0.29, 0.717) is 6.42 Å². The second kappa shape index (κ2) is 2.16. The van der Waals surface area contributed by atoms with Crippen molar-refractivity contribution in [3.63, 3.8) is 0 Å². The van der Waals surface area contributed by atoms with Gasteiger partial charge < -0.3 is 5.32 Å². The first-order chi connectivity index (χ1) is 4.58. The van der Waals surface area contributed by atoms with Gasteiger partial charge in [0, 0.05) is 0 Å². The Kier molecular flexibility index (Phi) is 1.60. The van der Waals surface area contributed by atoms with E-state index >= 15 is 0 Å². The first kappa shape index (κ1) is 7.40. The lowest BCUT2D eigenvalue weighted by atomic mass is 10.2. The minimum atomic E-state index is -0.989. The maximum atomic E-state index is 10.9. The van der Waals surface area contributed by atoms with Crippen molar-refractivity contribution < 1.29 is 9.59 Å². The summed E-state index contributed by atoms with van der Waals surface area (Å²) in [6, 6.07) is -0.471. The molecule has 0 aromatic carbocycles. The molecule has 56 valence electrons. The second-order valence-corrected chi connectivity index (χ2v) is 2.89. The Labute approximate surface area is 63.8 Å². The van der Waals surface area contributed by atoms with Crippen LogP contribution in [0.15, 0.2) is 0 Å². The molecule has 0 bridgehead atoms. The second-order valence-electron chi connectivity index (χ2n) is 2.12. The van der Waals surface area contributed by atoms with Gasteiger partial charge in [0.25, 0.3) is 5.91 Å². The van der Waals surface area contributed by atoms with Gasteiger partial charge >= 0.3 is 6.03 Å². The topological polar surface area (TPSA) is 58.2 Å². The maximum Gasteiger partial charge on any atom is 0.323 e. The summed E-state index contributed by atoms with van der Waals surface area (Å²) in [5.41, 5.74) is 0. The Bertz CT molecular complexity index is 194. The summed E-state index contributed by atoms with van der Waals surface area (Å²) in [5.74, 6) is -0.372. The van der Waals surface area contributed by atoms with E-state index in [1.807, 2.05) is 0 Å². The Morgan fingerprint density at radius 2 is 2.20 bits per heavy atom. The number of carbonyl (C=O) groups is 2. The molecule has 1 atom stereocenters. The standard InChI is InChI=1S/C5H8N2O2S/c1-2-5(10)3(8)6-4(9)7-5/h10H,2H2,1H3,(H2,6,7,8,9). The zero-order valence-corrected chi connectivity index (χ0v) is 6.37. The summed E-state index contributed by atoms with van der Waals surface area (Å²) in [6.45, 7) is 1.78. The van der Waals surface area contributed by atoms with Crippen LogP contribution in [0.3, 0.4) is 0 Å². The lowest BCUT2D eigenvalue weighted by Crippen LogP contribution is -2.40. The van der Waals surface area contributed by atoms with Crippen LogP contribution >= 0.6 is 12.6 Å². The number of urea groups is 1. The molecule has 0 radical (unpaired) electrons. The highest BCUT2D eigenvalue weighted by atomic mass is 32.1. The van der Waals surface area contributed by atoms with E-state index in [1.54, 1.807) is 6.92 Å². The van der Waals surface area contributed by atoms with Crippen LogP contribution in [0.2, 0.25) is 0 Å². The van der Waals surface area contributed by atoms with Crippen molar-refractivity contribution in [3.8, 4) is 0 Å². The fraction of sp³-hybridized carbons (Fsp3) is 0.600. The van der Waals surface area contributed by atoms with Crippen LogP contribution in [0, 0.1) is 0 Å². The average molecular weight is 160 g/mol. The predicted octanol–water partition coefficient (Wildman–Crippen LogP) is -0.138. The lowest BCUT2D eigenvalue weighted by molar-refractivity contribution is -0.121. The van der Waals surface area contributed by atoms with E-state index in [-0.39, 0.29) is 5.91 Å². The number of hydrogen-bond donors (Lipinski definition) is 3. The van der Waals surface area contributed by atoms with Crippen molar-refractivity contribution in [1.82, 2.24) is 10.6 Å². The van der Waals surface area contributed by atoms with Crippen LogP contribution in [0.25, 0.3) is 0 Å². The highest BCUT2D eigenvalue weighted by Crippen LogP contribution is 2.18. The van der Waals surface area contributed by atoms with Crippen LogP contribution in [0.5, 0.6) is 0 Å². The van der Waals surface area contributed by atoms with Crippen molar-refractivity contribution >= 4 is 24.6 Å². The number of nitrogens with one attached hydrogen (secondary N) is 2. The molecule has 0 aromatic rings. The third-order valence-electron chi connectivity index (χ3n) is 1.43. The molecule has 10 heavy (non-hydrogen) atoms. The molecule has 0 aliphatic carbocycles. The number of carbonyl (C=O) groups excluding carboxylic acids is 2. The van der Waals surface area contributed by atoms with Crippen molar-refractivity contribution in [2.24, 2.45) is 0 Å². The smallest absolute Gasteiger partial charge is 0.315 e. The SMILES string of the molecule is CCC1(S)NC(=O)NC1=O. The molecule has 2 N–H and O–H groups in total. The largest absolute Gasteiger partial charge is 0.323 e. The third-order valence-corrected chi connectivity index (χ3v) is 2.07. The van der Waals surface area contributed by atoms with Crippen molar-refractivity contribution in [2.45, 2.75) is 18.2 Å². The number of rotatable bonds is 1. The Hall–Kier alpha value is -0.710. The van der Waals surface area contributed by atoms with Gasteiger partial charge in [-0.25, -0.2) is 4.79 Å². The Morgan fingerprint density at radius 3 is 2.40 bits per heavy atom. The van der Waals surface area contributed by atoms with E-state index in [4.69, 9.17) is 0 Å². The number of thiol groups is 1. The minimum Gasteiger partial charge on any atom is -0.315 e. The molecule has 1 heterocycles. The molecule has 3 amide bonds. The molecule has 5 heteroatoms. The van der Waals surface area contributed by atoms with E-state index in [1.165, 1.54) is 0 Å². The minimum absolute atomic E-state index is 0.372. The zero-order chi connectivity index (χ0) is 7.78. The molecule has 1 rings (SSSR count). The highest BCUT2D eigenvalue weighted by Gasteiger charge is 2.41. The monoisotopic (exact) mass is 160 g/mol. The molecule has 4 nitrogen and oxygen atoms in total. The predicted molar refractivity (Wildman–Crippen MR) is 38.7 cm³/mol. The van der Waals surface area contributed by atoms with E-state index in [2.05, 4.69) is 23.3 Å². The van der Waals surface area contributed by atoms with Gasteiger partial charge in [0.15, 0.2) is 4.87 Å². The number of amides is 3. The van der Waals surface area contributed by atoms with Gasteiger partial charge in [-0.05, 0) is 6.42 Å². The highest BCUT2D eigenvalue weighted by molar-refractivity contribution is 7.82.